The molecule has 1 saturated carbocycles. The maximum atomic E-state index is 12.7. The van der Waals surface area contributed by atoms with E-state index in [4.69, 9.17) is 0 Å². The van der Waals surface area contributed by atoms with E-state index in [1.807, 2.05) is 18.2 Å². The van der Waals surface area contributed by atoms with E-state index in [0.29, 0.717) is 29.1 Å². The molecule has 28 heavy (non-hydrogen) atoms. The lowest BCUT2D eigenvalue weighted by Gasteiger charge is -2.21. The van der Waals surface area contributed by atoms with Crippen molar-refractivity contribution >= 4 is 17.3 Å². The monoisotopic (exact) mass is 376 g/mol. The summed E-state index contributed by atoms with van der Waals surface area (Å²) in [5, 5.41) is 2.97. The number of imidazole rings is 1. The van der Waals surface area contributed by atoms with Crippen molar-refractivity contribution in [2.24, 2.45) is 5.92 Å². The number of pyridine rings is 2. The highest BCUT2D eigenvalue weighted by Crippen LogP contribution is 2.25. The third-order valence-electron chi connectivity index (χ3n) is 5.47. The van der Waals surface area contributed by atoms with Crippen LogP contribution in [-0.4, -0.2) is 32.6 Å². The Kier molecular flexibility index (Phi) is 5.46. The fourth-order valence-electron chi connectivity index (χ4n) is 3.86. The minimum atomic E-state index is -0.219. The molecular formula is C22H24N4O2. The molecule has 3 aromatic rings. The number of hydrogen-bond acceptors (Lipinski definition) is 4. The van der Waals surface area contributed by atoms with Gasteiger partial charge in [-0.1, -0.05) is 38.2 Å². The van der Waals surface area contributed by atoms with Gasteiger partial charge in [-0.25, -0.2) is 4.98 Å². The quantitative estimate of drug-likeness (QED) is 0.666. The number of aromatic nitrogens is 3. The molecule has 0 aromatic carbocycles. The highest BCUT2D eigenvalue weighted by molar-refractivity contribution is 6.07. The van der Waals surface area contributed by atoms with Crippen molar-refractivity contribution in [3.8, 4) is 0 Å². The van der Waals surface area contributed by atoms with E-state index >= 15 is 0 Å². The number of ketones is 1. The minimum absolute atomic E-state index is 0.142. The summed E-state index contributed by atoms with van der Waals surface area (Å²) in [7, 11) is 0. The van der Waals surface area contributed by atoms with E-state index < -0.39 is 0 Å². The second kappa shape index (κ2) is 8.33. The van der Waals surface area contributed by atoms with Gasteiger partial charge in [-0.3, -0.25) is 19.0 Å². The van der Waals surface area contributed by atoms with Gasteiger partial charge in [-0.15, -0.1) is 0 Å². The largest absolute Gasteiger partial charge is 0.352 e. The number of carbonyl (C=O) groups excluding carboxylic acids is 2. The van der Waals surface area contributed by atoms with Crippen LogP contribution >= 0.6 is 0 Å². The molecule has 1 N–H and O–H groups in total. The summed E-state index contributed by atoms with van der Waals surface area (Å²) in [5.41, 5.74) is 1.93. The van der Waals surface area contributed by atoms with Crippen LogP contribution < -0.4 is 5.32 Å². The van der Waals surface area contributed by atoms with Crippen molar-refractivity contribution in [1.29, 1.82) is 0 Å². The Morgan fingerprint density at radius 3 is 2.68 bits per heavy atom. The van der Waals surface area contributed by atoms with Gasteiger partial charge in [0, 0.05) is 18.9 Å². The van der Waals surface area contributed by atoms with Gasteiger partial charge in [0.05, 0.1) is 11.8 Å². The first-order chi connectivity index (χ1) is 13.7. The van der Waals surface area contributed by atoms with Gasteiger partial charge in [-0.2, -0.15) is 0 Å². The molecule has 3 heterocycles. The molecule has 1 aliphatic rings. The summed E-state index contributed by atoms with van der Waals surface area (Å²) in [5.74, 6) is 0.373. The van der Waals surface area contributed by atoms with Gasteiger partial charge in [0.25, 0.3) is 5.91 Å². The number of hydrogen-bond donors (Lipinski definition) is 1. The van der Waals surface area contributed by atoms with E-state index in [-0.39, 0.29) is 11.7 Å². The second-order valence-electron chi connectivity index (χ2n) is 7.38. The lowest BCUT2D eigenvalue weighted by Crippen LogP contribution is -2.26. The van der Waals surface area contributed by atoms with Crippen LogP contribution in [0.2, 0.25) is 0 Å². The van der Waals surface area contributed by atoms with Crippen LogP contribution in [0.3, 0.4) is 0 Å². The summed E-state index contributed by atoms with van der Waals surface area (Å²) in [6.07, 6.45) is 12.4. The zero-order valence-electron chi connectivity index (χ0n) is 15.8. The van der Waals surface area contributed by atoms with E-state index in [1.54, 1.807) is 28.9 Å². The fraction of sp³-hybridized carbons (Fsp3) is 0.364. The SMILES string of the molecule is O=C(NCCC1CCCCC1)c1ccc(C(=O)c2cnc3ccccn23)nc1. The molecule has 0 bridgehead atoms. The third kappa shape index (κ3) is 3.96. The number of fused-ring (bicyclic) bond motifs is 1. The lowest BCUT2D eigenvalue weighted by atomic mass is 9.87. The molecule has 3 aromatic heterocycles. The van der Waals surface area contributed by atoms with Gasteiger partial charge < -0.3 is 5.32 Å². The molecule has 1 amide bonds. The summed E-state index contributed by atoms with van der Waals surface area (Å²) in [4.78, 5) is 33.5. The van der Waals surface area contributed by atoms with Crippen LogP contribution in [0.5, 0.6) is 0 Å². The molecule has 6 heteroatoms. The maximum absolute atomic E-state index is 12.7. The molecule has 0 aliphatic heterocycles. The van der Waals surface area contributed by atoms with Gasteiger partial charge in [0.2, 0.25) is 5.78 Å². The summed E-state index contributed by atoms with van der Waals surface area (Å²) in [6, 6.07) is 8.81. The predicted molar refractivity (Wildman–Crippen MR) is 106 cm³/mol. The first kappa shape index (κ1) is 18.3. The van der Waals surface area contributed by atoms with Crippen LogP contribution in [0.25, 0.3) is 5.65 Å². The maximum Gasteiger partial charge on any atom is 0.252 e. The van der Waals surface area contributed by atoms with Crippen molar-refractivity contribution in [2.75, 3.05) is 6.54 Å². The molecule has 0 saturated heterocycles. The number of amides is 1. The van der Waals surface area contributed by atoms with E-state index in [9.17, 15) is 9.59 Å². The first-order valence-electron chi connectivity index (χ1n) is 9.93. The Bertz CT molecular complexity index is 972. The Morgan fingerprint density at radius 2 is 1.89 bits per heavy atom. The molecule has 0 radical (unpaired) electrons. The van der Waals surface area contributed by atoms with Gasteiger partial charge in [0.1, 0.15) is 17.0 Å². The number of carbonyl (C=O) groups is 2. The number of nitrogens with one attached hydrogen (secondary N) is 1. The normalized spacial score (nSPS) is 14.9. The van der Waals surface area contributed by atoms with Gasteiger partial charge in [-0.05, 0) is 36.6 Å². The average Bonchev–Trinajstić information content (AvgIpc) is 3.18. The minimum Gasteiger partial charge on any atom is -0.352 e. The van der Waals surface area contributed by atoms with Gasteiger partial charge in [0.15, 0.2) is 0 Å². The fourth-order valence-corrected chi connectivity index (χ4v) is 3.86. The summed E-state index contributed by atoms with van der Waals surface area (Å²) < 4.78 is 1.73. The van der Waals surface area contributed by atoms with Crippen LogP contribution in [-0.2, 0) is 0 Å². The van der Waals surface area contributed by atoms with Crippen molar-refractivity contribution in [2.45, 2.75) is 38.5 Å². The molecule has 1 aliphatic carbocycles. The number of nitrogens with zero attached hydrogens (tertiary/aromatic N) is 3. The van der Waals surface area contributed by atoms with Crippen LogP contribution in [0.15, 0.2) is 48.9 Å². The van der Waals surface area contributed by atoms with Crippen LogP contribution in [0, 0.1) is 5.92 Å². The zero-order chi connectivity index (χ0) is 19.3. The highest BCUT2D eigenvalue weighted by Gasteiger charge is 2.17. The van der Waals surface area contributed by atoms with Crippen LogP contribution in [0.1, 0.15) is 65.1 Å². The topological polar surface area (TPSA) is 76.4 Å². The standard InChI is InChI=1S/C22H24N4O2/c27-21(19-15-25-20-8-4-5-13-26(19)20)18-10-9-17(14-24-18)22(28)23-12-11-16-6-2-1-3-7-16/h4-5,8-10,13-16H,1-3,6-7,11-12H2,(H,23,28). The van der Waals surface area contributed by atoms with Crippen LogP contribution in [0.4, 0.5) is 0 Å². The second-order valence-corrected chi connectivity index (χ2v) is 7.38. The first-order valence-corrected chi connectivity index (χ1v) is 9.93. The average molecular weight is 376 g/mol. The summed E-state index contributed by atoms with van der Waals surface area (Å²) in [6.45, 7) is 0.687. The molecule has 4 rings (SSSR count). The molecule has 6 nitrogen and oxygen atoms in total. The molecule has 0 unspecified atom stereocenters. The summed E-state index contributed by atoms with van der Waals surface area (Å²) >= 11 is 0. The Hall–Kier alpha value is -3.02. The van der Waals surface area contributed by atoms with E-state index in [0.717, 1.165) is 12.3 Å². The lowest BCUT2D eigenvalue weighted by molar-refractivity contribution is 0.0948. The van der Waals surface area contributed by atoms with E-state index in [2.05, 4.69) is 15.3 Å². The molecule has 144 valence electrons. The third-order valence-corrected chi connectivity index (χ3v) is 5.47. The van der Waals surface area contributed by atoms with Crippen molar-refractivity contribution in [3.63, 3.8) is 0 Å². The Balaban J connectivity index is 1.37. The zero-order valence-corrected chi connectivity index (χ0v) is 15.8. The van der Waals surface area contributed by atoms with Gasteiger partial charge >= 0.3 is 0 Å². The van der Waals surface area contributed by atoms with Crippen molar-refractivity contribution < 1.29 is 9.59 Å². The smallest absolute Gasteiger partial charge is 0.252 e. The van der Waals surface area contributed by atoms with Crippen molar-refractivity contribution in [3.05, 3.63) is 65.9 Å². The molecule has 1 fully saturated rings. The number of rotatable bonds is 6. The molecule has 0 atom stereocenters. The Labute approximate surface area is 164 Å². The van der Waals surface area contributed by atoms with Crippen molar-refractivity contribution in [1.82, 2.24) is 19.7 Å². The molecular weight excluding hydrogens is 352 g/mol. The highest BCUT2D eigenvalue weighted by atomic mass is 16.1. The van der Waals surface area contributed by atoms with E-state index in [1.165, 1.54) is 38.3 Å². The molecule has 0 spiro atoms. The predicted octanol–water partition coefficient (Wildman–Crippen LogP) is 3.66. The Morgan fingerprint density at radius 1 is 1.04 bits per heavy atom.